The number of benzene rings is 2. The number of hydrogen-bond acceptors (Lipinski definition) is 3. The highest BCUT2D eigenvalue weighted by Crippen LogP contribution is 2.37. The van der Waals surface area contributed by atoms with E-state index in [1.807, 2.05) is 0 Å². The van der Waals surface area contributed by atoms with Crippen molar-refractivity contribution in [1.82, 2.24) is 5.32 Å². The Balaban J connectivity index is 1.24. The lowest BCUT2D eigenvalue weighted by molar-refractivity contribution is 0.138. The van der Waals surface area contributed by atoms with Crippen LogP contribution in [-0.2, 0) is 6.42 Å². The first-order valence-corrected chi connectivity index (χ1v) is 11.9. The van der Waals surface area contributed by atoms with E-state index in [-0.39, 0.29) is 6.10 Å². The minimum absolute atomic E-state index is 0.161. The van der Waals surface area contributed by atoms with E-state index >= 15 is 0 Å². The maximum atomic E-state index is 6.35. The molecule has 0 aromatic heterocycles. The predicted octanol–water partition coefficient (Wildman–Crippen LogP) is 6.47. The summed E-state index contributed by atoms with van der Waals surface area (Å²) in [5.74, 6) is 2.82. The molecule has 0 saturated heterocycles. The lowest BCUT2D eigenvalue weighted by Crippen LogP contribution is -2.36. The largest absolute Gasteiger partial charge is 0.490 e. The van der Waals surface area contributed by atoms with E-state index < -0.39 is 0 Å². The highest BCUT2D eigenvalue weighted by molar-refractivity contribution is 5.42. The summed E-state index contributed by atoms with van der Waals surface area (Å²) in [5, 5.41) is 3.75. The van der Waals surface area contributed by atoms with Crippen molar-refractivity contribution in [1.29, 1.82) is 0 Å². The fourth-order valence-corrected chi connectivity index (χ4v) is 4.73. The topological polar surface area (TPSA) is 30.5 Å². The Morgan fingerprint density at radius 1 is 1.00 bits per heavy atom. The minimum atomic E-state index is 0.161. The van der Waals surface area contributed by atoms with Crippen molar-refractivity contribution in [2.45, 2.75) is 83.5 Å². The van der Waals surface area contributed by atoms with Crippen LogP contribution in [0.25, 0.3) is 0 Å². The first kappa shape index (κ1) is 21.2. The van der Waals surface area contributed by atoms with Gasteiger partial charge in [0.25, 0.3) is 0 Å². The van der Waals surface area contributed by atoms with Crippen LogP contribution in [0, 0.1) is 5.92 Å². The molecule has 1 atom stereocenters. The second-order valence-electron chi connectivity index (χ2n) is 9.41. The van der Waals surface area contributed by atoms with Crippen LogP contribution in [0.2, 0.25) is 0 Å². The van der Waals surface area contributed by atoms with Gasteiger partial charge < -0.3 is 14.8 Å². The Bertz CT molecular complexity index is 781. The summed E-state index contributed by atoms with van der Waals surface area (Å²) in [6, 6.07) is 17.6. The summed E-state index contributed by atoms with van der Waals surface area (Å²) in [7, 11) is 0. The molecule has 4 rings (SSSR count). The Kier molecular flexibility index (Phi) is 7.33. The van der Waals surface area contributed by atoms with Gasteiger partial charge in [-0.3, -0.25) is 0 Å². The second-order valence-corrected chi connectivity index (χ2v) is 9.41. The van der Waals surface area contributed by atoms with Crippen LogP contribution in [0.5, 0.6) is 11.5 Å². The Morgan fingerprint density at radius 2 is 1.80 bits per heavy atom. The van der Waals surface area contributed by atoms with Gasteiger partial charge >= 0.3 is 0 Å². The third-order valence-corrected chi connectivity index (χ3v) is 6.52. The summed E-state index contributed by atoms with van der Waals surface area (Å²) in [6.07, 6.45) is 9.91. The molecule has 1 fully saturated rings. The number of hydrogen-bond donors (Lipinski definition) is 1. The van der Waals surface area contributed by atoms with Gasteiger partial charge in [0.1, 0.15) is 17.6 Å². The molecule has 1 aliphatic carbocycles. The second kappa shape index (κ2) is 10.3. The lowest BCUT2D eigenvalue weighted by atomic mass is 9.92. The third-order valence-electron chi connectivity index (χ3n) is 6.52. The maximum absolute atomic E-state index is 6.35. The van der Waals surface area contributed by atoms with Gasteiger partial charge in [-0.15, -0.1) is 0 Å². The van der Waals surface area contributed by atoms with Gasteiger partial charge in [0.2, 0.25) is 0 Å². The highest BCUT2D eigenvalue weighted by atomic mass is 16.5. The zero-order valence-corrected chi connectivity index (χ0v) is 18.6. The van der Waals surface area contributed by atoms with Gasteiger partial charge in [-0.1, -0.05) is 44.2 Å². The van der Waals surface area contributed by atoms with Crippen molar-refractivity contribution in [3.63, 3.8) is 0 Å². The first-order valence-electron chi connectivity index (χ1n) is 11.9. The van der Waals surface area contributed by atoms with Crippen LogP contribution >= 0.6 is 0 Å². The van der Waals surface area contributed by atoms with E-state index in [0.29, 0.717) is 12.1 Å². The number of rotatable bonds is 8. The predicted molar refractivity (Wildman–Crippen MR) is 123 cm³/mol. The fraction of sp³-hybridized carbons (Fsp3) is 0.556. The van der Waals surface area contributed by atoms with Gasteiger partial charge in [-0.25, -0.2) is 0 Å². The molecule has 0 radical (unpaired) electrons. The molecule has 3 nitrogen and oxygen atoms in total. The molecule has 30 heavy (non-hydrogen) atoms. The van der Waals surface area contributed by atoms with E-state index in [4.69, 9.17) is 9.47 Å². The van der Waals surface area contributed by atoms with Crippen molar-refractivity contribution >= 4 is 0 Å². The zero-order valence-electron chi connectivity index (χ0n) is 18.6. The van der Waals surface area contributed by atoms with E-state index in [1.54, 1.807) is 0 Å². The van der Waals surface area contributed by atoms with Crippen molar-refractivity contribution in [3.8, 4) is 11.5 Å². The van der Waals surface area contributed by atoms with Gasteiger partial charge in [0.05, 0.1) is 6.10 Å². The number of ether oxygens (including phenoxy) is 2. The van der Waals surface area contributed by atoms with Crippen LogP contribution in [0.3, 0.4) is 0 Å². The third kappa shape index (κ3) is 5.78. The normalized spacial score (nSPS) is 23.6. The van der Waals surface area contributed by atoms with Crippen molar-refractivity contribution in [2.24, 2.45) is 5.92 Å². The first-order chi connectivity index (χ1) is 14.7. The van der Waals surface area contributed by atoms with Crippen LogP contribution in [0.4, 0.5) is 0 Å². The van der Waals surface area contributed by atoms with Crippen LogP contribution in [0.1, 0.15) is 76.0 Å². The quantitative estimate of drug-likeness (QED) is 0.509. The monoisotopic (exact) mass is 407 g/mol. The summed E-state index contributed by atoms with van der Waals surface area (Å²) in [6.45, 7) is 5.76. The molecule has 2 aromatic rings. The van der Waals surface area contributed by atoms with E-state index in [9.17, 15) is 0 Å². The Labute approximate surface area is 182 Å². The molecule has 1 unspecified atom stereocenters. The molecule has 0 amide bonds. The summed E-state index contributed by atoms with van der Waals surface area (Å²) >= 11 is 0. The number of aryl methyl sites for hydroxylation is 1. The highest BCUT2D eigenvalue weighted by Gasteiger charge is 2.24. The smallest absolute Gasteiger partial charge is 0.124 e. The summed E-state index contributed by atoms with van der Waals surface area (Å²) < 4.78 is 12.6. The summed E-state index contributed by atoms with van der Waals surface area (Å²) in [4.78, 5) is 0. The molecular formula is C27H37NO2. The molecule has 1 heterocycles. The van der Waals surface area contributed by atoms with Gasteiger partial charge in [0, 0.05) is 6.04 Å². The standard InChI is InChI=1S/C27H37NO2/c1-20(2)7-6-18-28-23-11-13-24(14-12-23)29-25-15-17-27-22(19-25)10-16-26(30-27)21-8-4-3-5-9-21/h3-5,8-9,15,17,19-20,23-24,26,28H,6-7,10-14,16,18H2,1-2H3. The molecule has 162 valence electrons. The fourth-order valence-electron chi connectivity index (χ4n) is 4.73. The molecule has 1 aliphatic heterocycles. The number of nitrogens with one attached hydrogen (secondary N) is 1. The van der Waals surface area contributed by atoms with Crippen molar-refractivity contribution in [2.75, 3.05) is 6.54 Å². The minimum Gasteiger partial charge on any atom is -0.490 e. The average molecular weight is 408 g/mol. The molecule has 1 saturated carbocycles. The van der Waals surface area contributed by atoms with Gasteiger partial charge in [-0.05, 0) is 93.2 Å². The zero-order chi connectivity index (χ0) is 20.8. The maximum Gasteiger partial charge on any atom is 0.124 e. The average Bonchev–Trinajstić information content (AvgIpc) is 2.78. The number of fused-ring (bicyclic) bond motifs is 1. The van der Waals surface area contributed by atoms with Crippen LogP contribution in [-0.4, -0.2) is 18.7 Å². The molecule has 2 aromatic carbocycles. The Hall–Kier alpha value is -2.00. The van der Waals surface area contributed by atoms with Gasteiger partial charge in [-0.2, -0.15) is 0 Å². The molecule has 0 spiro atoms. The van der Waals surface area contributed by atoms with Crippen molar-refractivity contribution in [3.05, 3.63) is 59.7 Å². The molecule has 0 bridgehead atoms. The molecule has 2 aliphatic rings. The van der Waals surface area contributed by atoms with Crippen molar-refractivity contribution < 1.29 is 9.47 Å². The van der Waals surface area contributed by atoms with Gasteiger partial charge in [0.15, 0.2) is 0 Å². The van der Waals surface area contributed by atoms with E-state index in [1.165, 1.54) is 36.8 Å². The molecular weight excluding hydrogens is 370 g/mol. The summed E-state index contributed by atoms with van der Waals surface area (Å²) in [5.41, 5.74) is 2.54. The molecule has 3 heteroatoms. The Morgan fingerprint density at radius 3 is 2.57 bits per heavy atom. The molecule has 1 N–H and O–H groups in total. The van der Waals surface area contributed by atoms with Crippen LogP contribution in [0.15, 0.2) is 48.5 Å². The van der Waals surface area contributed by atoms with Crippen LogP contribution < -0.4 is 14.8 Å². The lowest BCUT2D eigenvalue weighted by Gasteiger charge is -2.30. The van der Waals surface area contributed by atoms with E-state index in [0.717, 1.165) is 49.6 Å². The SMILES string of the molecule is CC(C)CCCNC1CCC(Oc2ccc3c(c2)CCC(c2ccccc2)O3)CC1. The van der Waals surface area contributed by atoms with E-state index in [2.05, 4.69) is 67.7 Å².